The number of hydrazone groups is 1. The highest BCUT2D eigenvalue weighted by Crippen LogP contribution is 2.20. The number of nitrogens with one attached hydrogen (secondary N) is 1. The van der Waals surface area contributed by atoms with Crippen LogP contribution in [0.4, 0.5) is 0 Å². The molecule has 4 nitrogen and oxygen atoms in total. The second-order valence-corrected chi connectivity index (χ2v) is 6.45. The lowest BCUT2D eigenvalue weighted by Gasteiger charge is -2.03. The van der Waals surface area contributed by atoms with Crippen molar-refractivity contribution in [1.29, 1.82) is 0 Å². The lowest BCUT2D eigenvalue weighted by molar-refractivity contribution is -0.120. The standard InChI is InChI=1S/C18H19ClN2O2S/c1-2-23-16-7-3-14(4-8-16)13-20-21-18(22)11-12-24-17-9-5-15(19)6-10-17/h3-10,13H,2,11-12H2,1H3,(H,21,22)/b20-13-. The van der Waals surface area contributed by atoms with E-state index < -0.39 is 0 Å². The van der Waals surface area contributed by atoms with E-state index in [1.54, 1.807) is 18.0 Å². The molecule has 0 fully saturated rings. The number of benzene rings is 2. The Morgan fingerprint density at radius 3 is 2.58 bits per heavy atom. The molecule has 0 bridgehead atoms. The molecule has 0 aliphatic rings. The van der Waals surface area contributed by atoms with E-state index in [-0.39, 0.29) is 5.91 Å². The lowest BCUT2D eigenvalue weighted by atomic mass is 10.2. The normalized spacial score (nSPS) is 10.8. The van der Waals surface area contributed by atoms with Gasteiger partial charge in [0.1, 0.15) is 5.75 Å². The first kappa shape index (κ1) is 18.4. The quantitative estimate of drug-likeness (QED) is 0.431. The van der Waals surface area contributed by atoms with Gasteiger partial charge in [0, 0.05) is 22.1 Å². The van der Waals surface area contributed by atoms with Crippen molar-refractivity contribution >= 4 is 35.5 Å². The number of carbonyl (C=O) groups is 1. The molecule has 0 aromatic heterocycles. The van der Waals surface area contributed by atoms with E-state index in [0.29, 0.717) is 23.8 Å². The molecule has 2 aromatic rings. The number of halogens is 1. The number of ether oxygens (including phenoxy) is 1. The van der Waals surface area contributed by atoms with Gasteiger partial charge >= 0.3 is 0 Å². The molecule has 6 heteroatoms. The third kappa shape index (κ3) is 6.64. The van der Waals surface area contributed by atoms with Crippen molar-refractivity contribution in [3.63, 3.8) is 0 Å². The van der Waals surface area contributed by atoms with Crippen molar-refractivity contribution in [2.45, 2.75) is 18.2 Å². The molecule has 2 aromatic carbocycles. The van der Waals surface area contributed by atoms with Gasteiger partial charge in [-0.25, -0.2) is 5.43 Å². The average Bonchev–Trinajstić information content (AvgIpc) is 2.58. The van der Waals surface area contributed by atoms with E-state index in [9.17, 15) is 4.79 Å². The Kier molecular flexibility index (Phi) is 7.65. The molecule has 0 spiro atoms. The summed E-state index contributed by atoms with van der Waals surface area (Å²) in [5.74, 6) is 1.39. The summed E-state index contributed by atoms with van der Waals surface area (Å²) < 4.78 is 5.37. The lowest BCUT2D eigenvalue weighted by Crippen LogP contribution is -2.17. The smallest absolute Gasteiger partial charge is 0.240 e. The molecule has 0 saturated carbocycles. The van der Waals surface area contributed by atoms with Crippen LogP contribution in [-0.4, -0.2) is 24.5 Å². The summed E-state index contributed by atoms with van der Waals surface area (Å²) in [5, 5.41) is 4.67. The highest BCUT2D eigenvalue weighted by molar-refractivity contribution is 7.99. The largest absolute Gasteiger partial charge is 0.494 e. The van der Waals surface area contributed by atoms with Crippen molar-refractivity contribution in [3.8, 4) is 5.75 Å². The van der Waals surface area contributed by atoms with Crippen LogP contribution in [0.5, 0.6) is 5.75 Å². The molecule has 126 valence electrons. The average molecular weight is 363 g/mol. The topological polar surface area (TPSA) is 50.7 Å². The van der Waals surface area contributed by atoms with Gasteiger partial charge in [-0.2, -0.15) is 5.10 Å². The van der Waals surface area contributed by atoms with E-state index >= 15 is 0 Å². The first-order chi connectivity index (χ1) is 11.7. The molecule has 2 rings (SSSR count). The van der Waals surface area contributed by atoms with Crippen LogP contribution < -0.4 is 10.2 Å². The van der Waals surface area contributed by atoms with Crippen LogP contribution in [0.3, 0.4) is 0 Å². The Morgan fingerprint density at radius 2 is 1.92 bits per heavy atom. The molecule has 24 heavy (non-hydrogen) atoms. The zero-order valence-corrected chi connectivity index (χ0v) is 14.9. The van der Waals surface area contributed by atoms with E-state index in [0.717, 1.165) is 16.2 Å². The Hall–Kier alpha value is -1.98. The maximum atomic E-state index is 11.7. The molecule has 0 aliphatic carbocycles. The van der Waals surface area contributed by atoms with Crippen LogP contribution >= 0.6 is 23.4 Å². The number of rotatable bonds is 8. The van der Waals surface area contributed by atoms with Crippen LogP contribution in [0.15, 0.2) is 58.5 Å². The van der Waals surface area contributed by atoms with Crippen LogP contribution in [0.25, 0.3) is 0 Å². The number of hydrogen-bond acceptors (Lipinski definition) is 4. The molecule has 0 heterocycles. The van der Waals surface area contributed by atoms with Crippen LogP contribution in [0.2, 0.25) is 5.02 Å². The van der Waals surface area contributed by atoms with Gasteiger partial charge in [-0.15, -0.1) is 11.8 Å². The number of hydrogen-bond donors (Lipinski definition) is 1. The van der Waals surface area contributed by atoms with Crippen molar-refractivity contribution in [2.24, 2.45) is 5.10 Å². The van der Waals surface area contributed by atoms with Crippen molar-refractivity contribution < 1.29 is 9.53 Å². The third-order valence-electron chi connectivity index (χ3n) is 3.01. The third-order valence-corrected chi connectivity index (χ3v) is 4.27. The summed E-state index contributed by atoms with van der Waals surface area (Å²) in [6.07, 6.45) is 2.01. The van der Waals surface area contributed by atoms with Gasteiger partial charge in [-0.3, -0.25) is 4.79 Å². The minimum absolute atomic E-state index is 0.112. The van der Waals surface area contributed by atoms with Gasteiger partial charge in [-0.1, -0.05) is 11.6 Å². The predicted molar refractivity (Wildman–Crippen MR) is 100 cm³/mol. The zero-order valence-electron chi connectivity index (χ0n) is 13.4. The summed E-state index contributed by atoms with van der Waals surface area (Å²) >= 11 is 7.44. The fraction of sp³-hybridized carbons (Fsp3) is 0.222. The molecule has 0 radical (unpaired) electrons. The number of carbonyl (C=O) groups excluding carboxylic acids is 1. The van der Waals surface area contributed by atoms with Gasteiger partial charge in [0.15, 0.2) is 0 Å². The molecular formula is C18H19ClN2O2S. The number of nitrogens with zero attached hydrogens (tertiary/aromatic N) is 1. The number of thioether (sulfide) groups is 1. The highest BCUT2D eigenvalue weighted by Gasteiger charge is 2.01. The Morgan fingerprint density at radius 1 is 1.21 bits per heavy atom. The predicted octanol–water partition coefficient (Wildman–Crippen LogP) is 4.37. The molecule has 0 aliphatic heterocycles. The fourth-order valence-electron chi connectivity index (χ4n) is 1.84. The van der Waals surface area contributed by atoms with Gasteiger partial charge in [0.2, 0.25) is 5.91 Å². The van der Waals surface area contributed by atoms with Crippen molar-refractivity contribution in [3.05, 3.63) is 59.1 Å². The molecule has 0 atom stereocenters. The van der Waals surface area contributed by atoms with Gasteiger partial charge in [-0.05, 0) is 61.0 Å². The molecule has 1 N–H and O–H groups in total. The second kappa shape index (κ2) is 10.0. The summed E-state index contributed by atoms with van der Waals surface area (Å²) in [6, 6.07) is 15.1. The van der Waals surface area contributed by atoms with Gasteiger partial charge in [0.25, 0.3) is 0 Å². The van der Waals surface area contributed by atoms with Crippen LogP contribution in [0.1, 0.15) is 18.9 Å². The highest BCUT2D eigenvalue weighted by atomic mass is 35.5. The number of amides is 1. The van der Waals surface area contributed by atoms with E-state index in [4.69, 9.17) is 16.3 Å². The van der Waals surface area contributed by atoms with Crippen LogP contribution in [-0.2, 0) is 4.79 Å². The maximum Gasteiger partial charge on any atom is 0.240 e. The Bertz CT molecular complexity index is 672. The van der Waals surface area contributed by atoms with E-state index in [2.05, 4.69) is 10.5 Å². The molecule has 1 amide bonds. The Balaban J connectivity index is 1.69. The zero-order chi connectivity index (χ0) is 17.2. The summed E-state index contributed by atoms with van der Waals surface area (Å²) in [7, 11) is 0. The van der Waals surface area contributed by atoms with Gasteiger partial charge in [0.05, 0.1) is 12.8 Å². The van der Waals surface area contributed by atoms with E-state index in [1.165, 1.54) is 0 Å². The molecule has 0 saturated heterocycles. The fourth-order valence-corrected chi connectivity index (χ4v) is 2.82. The van der Waals surface area contributed by atoms with Crippen molar-refractivity contribution in [2.75, 3.05) is 12.4 Å². The molecular weight excluding hydrogens is 344 g/mol. The summed E-state index contributed by atoms with van der Waals surface area (Å²) in [4.78, 5) is 12.8. The monoisotopic (exact) mass is 362 g/mol. The Labute approximate surface area is 151 Å². The maximum absolute atomic E-state index is 11.7. The second-order valence-electron chi connectivity index (χ2n) is 4.85. The minimum atomic E-state index is -0.112. The van der Waals surface area contributed by atoms with Crippen molar-refractivity contribution in [1.82, 2.24) is 5.43 Å². The first-order valence-electron chi connectivity index (χ1n) is 7.60. The summed E-state index contributed by atoms with van der Waals surface area (Å²) in [6.45, 7) is 2.58. The van der Waals surface area contributed by atoms with Crippen LogP contribution in [0, 0.1) is 0 Å². The first-order valence-corrected chi connectivity index (χ1v) is 8.97. The van der Waals surface area contributed by atoms with E-state index in [1.807, 2.05) is 55.5 Å². The SMILES string of the molecule is CCOc1ccc(/C=N\NC(=O)CCSc2ccc(Cl)cc2)cc1. The minimum Gasteiger partial charge on any atom is -0.494 e. The summed E-state index contributed by atoms with van der Waals surface area (Å²) in [5.41, 5.74) is 3.43. The van der Waals surface area contributed by atoms with Gasteiger partial charge < -0.3 is 4.74 Å². The molecule has 0 unspecified atom stereocenters.